The van der Waals surface area contributed by atoms with Gasteiger partial charge < -0.3 is 19.1 Å². The highest BCUT2D eigenvalue weighted by atomic mass is 32.2. The molecule has 29 heavy (non-hydrogen) atoms. The maximum absolute atomic E-state index is 12.3. The predicted molar refractivity (Wildman–Crippen MR) is 106 cm³/mol. The molecule has 10 heteroatoms. The van der Waals surface area contributed by atoms with Gasteiger partial charge in [0.2, 0.25) is 10.0 Å². The van der Waals surface area contributed by atoms with Crippen LogP contribution in [-0.2, 0) is 16.4 Å². The zero-order valence-corrected chi connectivity index (χ0v) is 17.1. The molecule has 1 aliphatic heterocycles. The van der Waals surface area contributed by atoms with Gasteiger partial charge in [0.15, 0.2) is 16.9 Å². The standard InChI is InChI=1S/C19H22N2O7S/c1-4-27-16-6-11-7-18(20-29(3,25)26)21-10-13(19(23)24)15(22)9-14(21)12(11)8-17(16)28-5-2/h6,8-10,18,20H,4-5,7H2,1-3H3,(H,23,24). The van der Waals surface area contributed by atoms with Gasteiger partial charge in [-0.15, -0.1) is 0 Å². The van der Waals surface area contributed by atoms with E-state index in [-0.39, 0.29) is 6.42 Å². The molecule has 0 bridgehead atoms. The largest absolute Gasteiger partial charge is 0.490 e. The van der Waals surface area contributed by atoms with E-state index in [0.29, 0.717) is 36.0 Å². The maximum atomic E-state index is 12.3. The van der Waals surface area contributed by atoms with E-state index in [1.165, 1.54) is 16.8 Å². The molecule has 1 aromatic heterocycles. The Morgan fingerprint density at radius 2 is 1.83 bits per heavy atom. The SMILES string of the molecule is CCOc1cc2c(cc1OCC)-c1cc(=O)c(C(=O)O)cn1C(NS(C)(=O)=O)C2. The molecular weight excluding hydrogens is 400 g/mol. The summed E-state index contributed by atoms with van der Waals surface area (Å²) >= 11 is 0. The smallest absolute Gasteiger partial charge is 0.341 e. The molecule has 0 aliphatic carbocycles. The summed E-state index contributed by atoms with van der Waals surface area (Å²) < 4.78 is 39.0. The van der Waals surface area contributed by atoms with Crippen LogP contribution in [-0.4, -0.2) is 43.5 Å². The van der Waals surface area contributed by atoms with Crippen molar-refractivity contribution in [3.05, 3.63) is 45.7 Å². The Hall–Kier alpha value is -2.85. The predicted octanol–water partition coefficient (Wildman–Crippen LogP) is 1.61. The van der Waals surface area contributed by atoms with Crippen LogP contribution in [0.15, 0.2) is 29.2 Å². The molecule has 2 N–H and O–H groups in total. The van der Waals surface area contributed by atoms with Crippen molar-refractivity contribution in [3.8, 4) is 22.8 Å². The zero-order valence-electron chi connectivity index (χ0n) is 16.3. The minimum absolute atomic E-state index is 0.240. The van der Waals surface area contributed by atoms with Crippen molar-refractivity contribution in [2.75, 3.05) is 19.5 Å². The first kappa shape index (κ1) is 20.9. The molecule has 0 spiro atoms. The molecule has 3 rings (SSSR count). The van der Waals surface area contributed by atoms with Gasteiger partial charge in [0.1, 0.15) is 11.7 Å². The van der Waals surface area contributed by atoms with E-state index in [0.717, 1.165) is 11.8 Å². The van der Waals surface area contributed by atoms with Crippen molar-refractivity contribution in [1.82, 2.24) is 9.29 Å². The summed E-state index contributed by atoms with van der Waals surface area (Å²) in [7, 11) is -3.60. The number of hydrogen-bond donors (Lipinski definition) is 2. The first-order valence-corrected chi connectivity index (χ1v) is 10.9. The third kappa shape index (κ3) is 4.28. The maximum Gasteiger partial charge on any atom is 0.341 e. The minimum atomic E-state index is -3.60. The highest BCUT2D eigenvalue weighted by Crippen LogP contribution is 2.40. The number of rotatable bonds is 7. The Balaban J connectivity index is 2.26. The molecular formula is C19H22N2O7S. The molecule has 2 heterocycles. The lowest BCUT2D eigenvalue weighted by molar-refractivity contribution is 0.0694. The van der Waals surface area contributed by atoms with Crippen molar-refractivity contribution in [2.24, 2.45) is 0 Å². The van der Waals surface area contributed by atoms with Crippen LogP contribution in [0.2, 0.25) is 0 Å². The van der Waals surface area contributed by atoms with Gasteiger partial charge in [-0.25, -0.2) is 13.2 Å². The summed E-state index contributed by atoms with van der Waals surface area (Å²) in [5, 5.41) is 9.30. The van der Waals surface area contributed by atoms with Crippen LogP contribution in [0.25, 0.3) is 11.3 Å². The molecule has 1 aromatic carbocycles. The lowest BCUT2D eigenvalue weighted by Gasteiger charge is -2.31. The lowest BCUT2D eigenvalue weighted by atomic mass is 9.94. The van der Waals surface area contributed by atoms with E-state index in [9.17, 15) is 23.1 Å². The molecule has 0 fully saturated rings. The van der Waals surface area contributed by atoms with Crippen LogP contribution in [0.5, 0.6) is 11.5 Å². The Labute approximate surface area is 167 Å². The highest BCUT2D eigenvalue weighted by Gasteiger charge is 2.29. The van der Waals surface area contributed by atoms with Gasteiger partial charge in [-0.3, -0.25) is 4.79 Å². The number of nitrogens with zero attached hydrogens (tertiary/aromatic N) is 1. The Bertz CT molecular complexity index is 1120. The quantitative estimate of drug-likeness (QED) is 0.695. The summed E-state index contributed by atoms with van der Waals surface area (Å²) in [6.07, 6.45) is 1.64. The van der Waals surface area contributed by atoms with Gasteiger partial charge >= 0.3 is 5.97 Å². The molecule has 1 atom stereocenters. The van der Waals surface area contributed by atoms with E-state index < -0.39 is 33.2 Å². The molecule has 0 amide bonds. The van der Waals surface area contributed by atoms with E-state index in [1.54, 1.807) is 12.1 Å². The summed E-state index contributed by atoms with van der Waals surface area (Å²) in [5.74, 6) is -0.371. The van der Waals surface area contributed by atoms with E-state index in [1.807, 2.05) is 13.8 Å². The highest BCUT2D eigenvalue weighted by molar-refractivity contribution is 7.88. The molecule has 2 aromatic rings. The van der Waals surface area contributed by atoms with Crippen LogP contribution in [0, 0.1) is 0 Å². The van der Waals surface area contributed by atoms with Crippen molar-refractivity contribution < 1.29 is 27.8 Å². The van der Waals surface area contributed by atoms with Gasteiger partial charge in [-0.1, -0.05) is 0 Å². The topological polar surface area (TPSA) is 124 Å². The van der Waals surface area contributed by atoms with E-state index in [2.05, 4.69) is 4.72 Å². The first-order chi connectivity index (χ1) is 13.6. The first-order valence-electron chi connectivity index (χ1n) is 9.04. The second-order valence-electron chi connectivity index (χ2n) is 6.58. The number of carbonyl (C=O) groups is 1. The second kappa shape index (κ2) is 7.88. The van der Waals surface area contributed by atoms with Gasteiger partial charge in [-0.2, -0.15) is 4.72 Å². The lowest BCUT2D eigenvalue weighted by Crippen LogP contribution is -2.37. The van der Waals surface area contributed by atoms with Crippen molar-refractivity contribution in [3.63, 3.8) is 0 Å². The third-order valence-corrected chi connectivity index (χ3v) is 5.15. The Kier molecular flexibility index (Phi) is 5.67. The molecule has 0 saturated heterocycles. The number of fused-ring (bicyclic) bond motifs is 3. The van der Waals surface area contributed by atoms with E-state index >= 15 is 0 Å². The Morgan fingerprint density at radius 3 is 2.38 bits per heavy atom. The number of benzene rings is 1. The molecule has 1 aliphatic rings. The summed E-state index contributed by atoms with van der Waals surface area (Å²) in [5.41, 5.74) is 0.694. The number of aromatic carboxylic acids is 1. The minimum Gasteiger partial charge on any atom is -0.490 e. The van der Waals surface area contributed by atoms with Crippen LogP contribution >= 0.6 is 0 Å². The zero-order chi connectivity index (χ0) is 21.3. The molecule has 0 radical (unpaired) electrons. The van der Waals surface area contributed by atoms with Crippen molar-refractivity contribution >= 4 is 16.0 Å². The number of sulfonamides is 1. The van der Waals surface area contributed by atoms with Crippen molar-refractivity contribution in [1.29, 1.82) is 0 Å². The summed E-state index contributed by atoms with van der Waals surface area (Å²) in [4.78, 5) is 23.7. The van der Waals surface area contributed by atoms with Crippen LogP contribution in [0.3, 0.4) is 0 Å². The van der Waals surface area contributed by atoms with Gasteiger partial charge in [0, 0.05) is 24.2 Å². The van der Waals surface area contributed by atoms with Gasteiger partial charge in [0.05, 0.1) is 25.2 Å². The Morgan fingerprint density at radius 1 is 1.21 bits per heavy atom. The fraction of sp³-hybridized carbons (Fsp3) is 0.368. The van der Waals surface area contributed by atoms with Crippen LogP contribution < -0.4 is 19.6 Å². The third-order valence-electron chi connectivity index (χ3n) is 4.45. The molecule has 1 unspecified atom stereocenters. The summed E-state index contributed by atoms with van der Waals surface area (Å²) in [6, 6.07) is 4.69. The fourth-order valence-corrected chi connectivity index (χ4v) is 4.07. The van der Waals surface area contributed by atoms with Gasteiger partial charge in [-0.05, 0) is 31.5 Å². The van der Waals surface area contributed by atoms with Crippen LogP contribution in [0.4, 0.5) is 0 Å². The number of hydrogen-bond acceptors (Lipinski definition) is 6. The number of ether oxygens (including phenoxy) is 2. The average Bonchev–Trinajstić information content (AvgIpc) is 2.61. The van der Waals surface area contributed by atoms with Gasteiger partial charge in [0.25, 0.3) is 0 Å². The van der Waals surface area contributed by atoms with Crippen LogP contribution in [0.1, 0.15) is 35.9 Å². The number of aromatic nitrogens is 1. The average molecular weight is 422 g/mol. The molecule has 0 saturated carbocycles. The monoisotopic (exact) mass is 422 g/mol. The molecule has 9 nitrogen and oxygen atoms in total. The van der Waals surface area contributed by atoms with Crippen molar-refractivity contribution in [2.45, 2.75) is 26.4 Å². The number of pyridine rings is 1. The fourth-order valence-electron chi connectivity index (χ4n) is 3.38. The van der Waals surface area contributed by atoms with E-state index in [4.69, 9.17) is 9.47 Å². The summed E-state index contributed by atoms with van der Waals surface area (Å²) in [6.45, 7) is 4.49. The molecule has 156 valence electrons. The number of nitrogens with one attached hydrogen (secondary N) is 1. The number of carboxylic acid groups (broad SMARTS) is 1. The normalized spacial score (nSPS) is 15.3. The number of carboxylic acids is 1. The second-order valence-corrected chi connectivity index (χ2v) is 8.36.